The van der Waals surface area contributed by atoms with Gasteiger partial charge in [-0.15, -0.1) is 0 Å². The summed E-state index contributed by atoms with van der Waals surface area (Å²) in [4.78, 5) is 0.407. The fourth-order valence-corrected chi connectivity index (χ4v) is 3.32. The second kappa shape index (κ2) is 6.50. The van der Waals surface area contributed by atoms with Crippen molar-refractivity contribution in [3.63, 3.8) is 0 Å². The number of nitrogens with one attached hydrogen (secondary N) is 1. The van der Waals surface area contributed by atoms with Crippen molar-refractivity contribution in [1.82, 2.24) is 5.32 Å². The Balaban J connectivity index is 1.79. The highest BCUT2D eigenvalue weighted by Crippen LogP contribution is 2.12. The van der Waals surface area contributed by atoms with E-state index in [4.69, 9.17) is 4.74 Å². The Bertz CT molecular complexity index is 490. The lowest BCUT2D eigenvalue weighted by molar-refractivity contribution is 0.185. The van der Waals surface area contributed by atoms with E-state index in [1.165, 1.54) is 0 Å². The van der Waals surface area contributed by atoms with Crippen LogP contribution in [0.15, 0.2) is 29.2 Å². The number of aryl methyl sites for hydroxylation is 1. The summed E-state index contributed by atoms with van der Waals surface area (Å²) < 4.78 is 29.4. The van der Waals surface area contributed by atoms with Gasteiger partial charge in [0.05, 0.1) is 17.3 Å². The zero-order chi connectivity index (χ0) is 13.7. The predicted octanol–water partition coefficient (Wildman–Crippen LogP) is 1.39. The molecule has 0 amide bonds. The molecule has 1 N–H and O–H groups in total. The van der Waals surface area contributed by atoms with Crippen molar-refractivity contribution in [2.45, 2.75) is 18.2 Å². The highest BCUT2D eigenvalue weighted by atomic mass is 32.2. The molecular weight excluding hydrogens is 262 g/mol. The summed E-state index contributed by atoms with van der Waals surface area (Å²) in [6.45, 7) is 4.89. The lowest BCUT2D eigenvalue weighted by Crippen LogP contribution is -2.28. The molecule has 0 radical (unpaired) electrons. The maximum Gasteiger partial charge on any atom is 0.179 e. The van der Waals surface area contributed by atoms with Crippen LogP contribution in [0.2, 0.25) is 0 Å². The predicted molar refractivity (Wildman–Crippen MR) is 75.0 cm³/mol. The van der Waals surface area contributed by atoms with E-state index in [9.17, 15) is 8.42 Å². The molecule has 1 fully saturated rings. The third-order valence-corrected chi connectivity index (χ3v) is 5.12. The van der Waals surface area contributed by atoms with Crippen LogP contribution in [0, 0.1) is 12.8 Å². The SMILES string of the molecule is Cc1ccc(S(=O)(=O)CCNCC2CCOC2)cc1. The van der Waals surface area contributed by atoms with Crippen molar-refractivity contribution < 1.29 is 13.2 Å². The number of benzene rings is 1. The number of sulfone groups is 1. The number of hydrogen-bond donors (Lipinski definition) is 1. The summed E-state index contributed by atoms with van der Waals surface area (Å²) in [6.07, 6.45) is 1.07. The molecular formula is C14H21NO3S. The lowest BCUT2D eigenvalue weighted by atomic mass is 10.1. The third-order valence-electron chi connectivity index (χ3n) is 3.38. The smallest absolute Gasteiger partial charge is 0.179 e. The molecule has 5 heteroatoms. The molecule has 1 heterocycles. The first-order valence-electron chi connectivity index (χ1n) is 6.66. The fraction of sp³-hybridized carbons (Fsp3) is 0.571. The van der Waals surface area contributed by atoms with Crippen molar-refractivity contribution in [1.29, 1.82) is 0 Å². The van der Waals surface area contributed by atoms with Crippen LogP contribution in [0.4, 0.5) is 0 Å². The summed E-state index contributed by atoms with van der Waals surface area (Å²) in [6, 6.07) is 7.01. The van der Waals surface area contributed by atoms with E-state index in [1.54, 1.807) is 12.1 Å². The minimum atomic E-state index is -3.17. The molecule has 1 unspecified atom stereocenters. The monoisotopic (exact) mass is 283 g/mol. The van der Waals surface area contributed by atoms with Crippen LogP contribution in [0.25, 0.3) is 0 Å². The van der Waals surface area contributed by atoms with E-state index < -0.39 is 9.84 Å². The van der Waals surface area contributed by atoms with Crippen molar-refractivity contribution >= 4 is 9.84 Å². The zero-order valence-corrected chi connectivity index (χ0v) is 12.1. The molecule has 0 aliphatic carbocycles. The Kier molecular flexibility index (Phi) is 4.96. The largest absolute Gasteiger partial charge is 0.381 e. The first-order chi connectivity index (χ1) is 9.08. The first kappa shape index (κ1) is 14.5. The molecule has 1 aromatic carbocycles. The average Bonchev–Trinajstić information content (AvgIpc) is 2.88. The molecule has 1 aliphatic rings. The molecule has 0 bridgehead atoms. The number of rotatable bonds is 6. The Morgan fingerprint density at radius 2 is 2.05 bits per heavy atom. The molecule has 4 nitrogen and oxygen atoms in total. The van der Waals surface area contributed by atoms with Gasteiger partial charge >= 0.3 is 0 Å². The van der Waals surface area contributed by atoms with Gasteiger partial charge in [0.15, 0.2) is 9.84 Å². The highest BCUT2D eigenvalue weighted by Gasteiger charge is 2.16. The molecule has 0 spiro atoms. The Labute approximate surface area is 115 Å². The van der Waals surface area contributed by atoms with E-state index in [0.717, 1.165) is 31.7 Å². The molecule has 1 atom stereocenters. The van der Waals surface area contributed by atoms with Gasteiger partial charge in [-0.05, 0) is 31.4 Å². The summed E-state index contributed by atoms with van der Waals surface area (Å²) in [5.74, 6) is 0.672. The molecule has 2 rings (SSSR count). The molecule has 19 heavy (non-hydrogen) atoms. The van der Waals surface area contributed by atoms with Crippen LogP contribution in [-0.4, -0.2) is 40.5 Å². The van der Waals surface area contributed by atoms with E-state index in [2.05, 4.69) is 5.32 Å². The quantitative estimate of drug-likeness (QED) is 0.802. The molecule has 0 aromatic heterocycles. The van der Waals surface area contributed by atoms with Crippen LogP contribution in [0.5, 0.6) is 0 Å². The van der Waals surface area contributed by atoms with Crippen LogP contribution in [0.1, 0.15) is 12.0 Å². The zero-order valence-electron chi connectivity index (χ0n) is 11.3. The fourth-order valence-electron chi connectivity index (χ4n) is 2.12. The van der Waals surface area contributed by atoms with Crippen LogP contribution >= 0.6 is 0 Å². The van der Waals surface area contributed by atoms with Crippen molar-refractivity contribution in [2.75, 3.05) is 32.1 Å². The van der Waals surface area contributed by atoms with Crippen LogP contribution in [-0.2, 0) is 14.6 Å². The van der Waals surface area contributed by atoms with Gasteiger partial charge in [0, 0.05) is 19.7 Å². The van der Waals surface area contributed by atoms with Crippen LogP contribution in [0.3, 0.4) is 0 Å². The Morgan fingerprint density at radius 3 is 2.68 bits per heavy atom. The molecule has 0 saturated carbocycles. The summed E-state index contributed by atoms with van der Waals surface area (Å²) in [7, 11) is -3.17. The van der Waals surface area contributed by atoms with Gasteiger partial charge in [0.2, 0.25) is 0 Å². The average molecular weight is 283 g/mol. The topological polar surface area (TPSA) is 55.4 Å². The summed E-state index contributed by atoms with van der Waals surface area (Å²) in [5, 5.41) is 3.21. The van der Waals surface area contributed by atoms with E-state index in [0.29, 0.717) is 17.4 Å². The molecule has 106 valence electrons. The second-order valence-corrected chi connectivity index (χ2v) is 7.17. The van der Waals surface area contributed by atoms with Gasteiger partial charge in [-0.1, -0.05) is 17.7 Å². The van der Waals surface area contributed by atoms with Crippen molar-refractivity contribution in [2.24, 2.45) is 5.92 Å². The minimum Gasteiger partial charge on any atom is -0.381 e. The van der Waals surface area contributed by atoms with Gasteiger partial charge < -0.3 is 10.1 Å². The highest BCUT2D eigenvalue weighted by molar-refractivity contribution is 7.91. The van der Waals surface area contributed by atoms with Gasteiger partial charge in [-0.25, -0.2) is 8.42 Å². The van der Waals surface area contributed by atoms with Crippen LogP contribution < -0.4 is 5.32 Å². The summed E-state index contributed by atoms with van der Waals surface area (Å²) >= 11 is 0. The normalized spacial score (nSPS) is 19.7. The van der Waals surface area contributed by atoms with E-state index in [-0.39, 0.29) is 5.75 Å². The Hall–Kier alpha value is -0.910. The first-order valence-corrected chi connectivity index (χ1v) is 8.31. The van der Waals surface area contributed by atoms with Gasteiger partial charge in [-0.2, -0.15) is 0 Å². The lowest BCUT2D eigenvalue weighted by Gasteiger charge is -2.09. The number of ether oxygens (including phenoxy) is 1. The standard InChI is InChI=1S/C14H21NO3S/c1-12-2-4-14(5-3-12)19(16,17)9-7-15-10-13-6-8-18-11-13/h2-5,13,15H,6-11H2,1H3. The van der Waals surface area contributed by atoms with Crippen molar-refractivity contribution in [3.8, 4) is 0 Å². The third kappa shape index (κ3) is 4.30. The maximum absolute atomic E-state index is 12.1. The van der Waals surface area contributed by atoms with Crippen molar-refractivity contribution in [3.05, 3.63) is 29.8 Å². The summed E-state index contributed by atoms with van der Waals surface area (Å²) in [5.41, 5.74) is 1.07. The second-order valence-electron chi connectivity index (χ2n) is 5.07. The maximum atomic E-state index is 12.1. The van der Waals surface area contributed by atoms with E-state index in [1.807, 2.05) is 19.1 Å². The van der Waals surface area contributed by atoms with Gasteiger partial charge in [-0.3, -0.25) is 0 Å². The molecule has 1 saturated heterocycles. The van der Waals surface area contributed by atoms with E-state index >= 15 is 0 Å². The number of hydrogen-bond acceptors (Lipinski definition) is 4. The van der Waals surface area contributed by atoms with Gasteiger partial charge in [0.1, 0.15) is 0 Å². The molecule has 1 aromatic rings. The minimum absolute atomic E-state index is 0.142. The Morgan fingerprint density at radius 1 is 1.32 bits per heavy atom. The molecule has 1 aliphatic heterocycles. The van der Waals surface area contributed by atoms with Gasteiger partial charge in [0.25, 0.3) is 0 Å².